The van der Waals surface area contributed by atoms with Crippen molar-refractivity contribution in [1.29, 1.82) is 0 Å². The molecule has 7 heteroatoms. The Morgan fingerprint density at radius 1 is 1.71 bits per heavy atom. The standard InChI is InChI=1S/C10H15ClN2O3S/c1-3-6(14)4-5-12-10-13-8(11)7(17-10)9(15)16-2/h6,14H,3-5H2,1-2H3,(H,12,13). The summed E-state index contributed by atoms with van der Waals surface area (Å²) in [6.07, 6.45) is 1.02. The summed E-state index contributed by atoms with van der Waals surface area (Å²) in [5.74, 6) is -0.492. The van der Waals surface area contributed by atoms with E-state index in [2.05, 4.69) is 15.0 Å². The Balaban J connectivity index is 2.53. The first-order valence-corrected chi connectivity index (χ1v) is 6.44. The van der Waals surface area contributed by atoms with Gasteiger partial charge in [-0.15, -0.1) is 0 Å². The number of thiazole rings is 1. The van der Waals surface area contributed by atoms with Gasteiger partial charge in [0.15, 0.2) is 15.2 Å². The van der Waals surface area contributed by atoms with E-state index in [4.69, 9.17) is 11.6 Å². The van der Waals surface area contributed by atoms with Crippen molar-refractivity contribution in [1.82, 2.24) is 4.98 Å². The Hall–Kier alpha value is -0.850. The van der Waals surface area contributed by atoms with Crippen molar-refractivity contribution in [3.63, 3.8) is 0 Å². The molecule has 1 heterocycles. The van der Waals surface area contributed by atoms with Crippen LogP contribution in [-0.2, 0) is 4.74 Å². The number of nitrogens with zero attached hydrogens (tertiary/aromatic N) is 1. The fourth-order valence-corrected chi connectivity index (χ4v) is 2.27. The largest absolute Gasteiger partial charge is 0.465 e. The van der Waals surface area contributed by atoms with E-state index in [1.165, 1.54) is 7.11 Å². The van der Waals surface area contributed by atoms with E-state index in [1.54, 1.807) is 0 Å². The summed E-state index contributed by atoms with van der Waals surface area (Å²) in [7, 11) is 1.29. The normalized spacial score (nSPS) is 12.2. The summed E-state index contributed by atoms with van der Waals surface area (Å²) in [6.45, 7) is 2.50. The number of anilines is 1. The van der Waals surface area contributed by atoms with Crippen LogP contribution in [0.25, 0.3) is 0 Å². The van der Waals surface area contributed by atoms with Crippen molar-refractivity contribution in [2.24, 2.45) is 0 Å². The third-order valence-electron chi connectivity index (χ3n) is 2.18. The minimum Gasteiger partial charge on any atom is -0.465 e. The van der Waals surface area contributed by atoms with Gasteiger partial charge in [0.1, 0.15) is 0 Å². The van der Waals surface area contributed by atoms with Crippen molar-refractivity contribution in [3.05, 3.63) is 10.0 Å². The molecular weight excluding hydrogens is 264 g/mol. The van der Waals surface area contributed by atoms with Crippen LogP contribution in [0.15, 0.2) is 0 Å². The Morgan fingerprint density at radius 3 is 3.00 bits per heavy atom. The highest BCUT2D eigenvalue weighted by Crippen LogP contribution is 2.27. The second-order valence-electron chi connectivity index (χ2n) is 3.41. The van der Waals surface area contributed by atoms with Crippen molar-refractivity contribution in [2.45, 2.75) is 25.9 Å². The van der Waals surface area contributed by atoms with Gasteiger partial charge in [-0.25, -0.2) is 9.78 Å². The van der Waals surface area contributed by atoms with Crippen LogP contribution >= 0.6 is 22.9 Å². The van der Waals surface area contributed by atoms with Crippen LogP contribution in [0.5, 0.6) is 0 Å². The molecule has 0 bridgehead atoms. The fourth-order valence-electron chi connectivity index (χ4n) is 1.15. The molecule has 0 spiro atoms. The van der Waals surface area contributed by atoms with Crippen molar-refractivity contribution >= 4 is 34.0 Å². The maximum absolute atomic E-state index is 11.3. The van der Waals surface area contributed by atoms with E-state index in [0.717, 1.165) is 11.3 Å². The molecule has 0 aliphatic rings. The second-order valence-corrected chi connectivity index (χ2v) is 4.77. The van der Waals surface area contributed by atoms with Crippen molar-refractivity contribution in [2.75, 3.05) is 19.0 Å². The Morgan fingerprint density at radius 2 is 2.41 bits per heavy atom. The number of halogens is 1. The number of hydrogen-bond acceptors (Lipinski definition) is 6. The molecule has 0 radical (unpaired) electrons. The Labute approximate surface area is 109 Å². The van der Waals surface area contributed by atoms with E-state index in [1.807, 2.05) is 6.92 Å². The summed E-state index contributed by atoms with van der Waals surface area (Å²) in [5.41, 5.74) is 0. The molecular formula is C10H15ClN2O3S. The average molecular weight is 279 g/mol. The third kappa shape index (κ3) is 4.14. The highest BCUT2D eigenvalue weighted by Gasteiger charge is 2.17. The molecule has 2 N–H and O–H groups in total. The van der Waals surface area contributed by atoms with Gasteiger partial charge in [0.05, 0.1) is 13.2 Å². The molecule has 0 fully saturated rings. The zero-order chi connectivity index (χ0) is 12.8. The molecule has 1 rings (SSSR count). The first kappa shape index (κ1) is 14.2. The summed E-state index contributed by atoms with van der Waals surface area (Å²) < 4.78 is 4.57. The zero-order valence-electron chi connectivity index (χ0n) is 9.70. The van der Waals surface area contributed by atoms with E-state index >= 15 is 0 Å². The van der Waals surface area contributed by atoms with Crippen molar-refractivity contribution in [3.8, 4) is 0 Å². The molecule has 0 aliphatic heterocycles. The monoisotopic (exact) mass is 278 g/mol. The number of aliphatic hydroxyl groups is 1. The molecule has 0 saturated heterocycles. The van der Waals surface area contributed by atoms with Crippen LogP contribution in [0.1, 0.15) is 29.4 Å². The number of carbonyl (C=O) groups is 1. The lowest BCUT2D eigenvalue weighted by atomic mass is 10.2. The van der Waals surface area contributed by atoms with E-state index < -0.39 is 5.97 Å². The van der Waals surface area contributed by atoms with Gasteiger partial charge in [0.25, 0.3) is 0 Å². The predicted octanol–water partition coefficient (Wildman–Crippen LogP) is 2.16. The highest BCUT2D eigenvalue weighted by molar-refractivity contribution is 7.18. The van der Waals surface area contributed by atoms with Gasteiger partial charge in [0.2, 0.25) is 0 Å². The minimum atomic E-state index is -0.492. The molecule has 0 amide bonds. The molecule has 0 aromatic carbocycles. The molecule has 1 aromatic rings. The molecule has 1 aromatic heterocycles. The second kappa shape index (κ2) is 6.78. The zero-order valence-corrected chi connectivity index (χ0v) is 11.3. The van der Waals surface area contributed by atoms with Crippen LogP contribution in [0.4, 0.5) is 5.13 Å². The first-order valence-electron chi connectivity index (χ1n) is 5.25. The van der Waals surface area contributed by atoms with Crippen LogP contribution in [0, 0.1) is 0 Å². The van der Waals surface area contributed by atoms with Gasteiger partial charge in [-0.05, 0) is 12.8 Å². The van der Waals surface area contributed by atoms with E-state index in [0.29, 0.717) is 24.5 Å². The molecule has 0 aliphatic carbocycles. The van der Waals surface area contributed by atoms with Gasteiger partial charge < -0.3 is 15.2 Å². The van der Waals surface area contributed by atoms with Gasteiger partial charge in [0, 0.05) is 6.54 Å². The lowest BCUT2D eigenvalue weighted by Crippen LogP contribution is -2.11. The number of methoxy groups -OCH3 is 1. The fraction of sp³-hybridized carbons (Fsp3) is 0.600. The van der Waals surface area contributed by atoms with E-state index in [-0.39, 0.29) is 16.1 Å². The SMILES string of the molecule is CCC(O)CCNc1nc(Cl)c(C(=O)OC)s1. The Kier molecular flexibility index (Phi) is 5.67. The summed E-state index contributed by atoms with van der Waals surface area (Å²) in [6, 6.07) is 0. The number of hydrogen-bond donors (Lipinski definition) is 2. The van der Waals surface area contributed by atoms with Crippen LogP contribution < -0.4 is 5.32 Å². The molecule has 17 heavy (non-hydrogen) atoms. The highest BCUT2D eigenvalue weighted by atomic mass is 35.5. The smallest absolute Gasteiger partial charge is 0.351 e. The lowest BCUT2D eigenvalue weighted by molar-refractivity contribution is 0.0606. The van der Waals surface area contributed by atoms with Crippen molar-refractivity contribution < 1.29 is 14.6 Å². The number of esters is 1. The predicted molar refractivity (Wildman–Crippen MR) is 67.9 cm³/mol. The Bertz CT molecular complexity index is 384. The molecule has 1 unspecified atom stereocenters. The third-order valence-corrected chi connectivity index (χ3v) is 3.56. The average Bonchev–Trinajstić information content (AvgIpc) is 2.69. The summed E-state index contributed by atoms with van der Waals surface area (Å²) in [5, 5.41) is 13.1. The molecule has 5 nitrogen and oxygen atoms in total. The summed E-state index contributed by atoms with van der Waals surface area (Å²) >= 11 is 6.94. The quantitative estimate of drug-likeness (QED) is 0.780. The number of nitrogens with one attached hydrogen (secondary N) is 1. The van der Waals surface area contributed by atoms with Gasteiger partial charge in [-0.1, -0.05) is 29.9 Å². The number of aliphatic hydroxyl groups excluding tert-OH is 1. The minimum absolute atomic E-state index is 0.139. The van der Waals surface area contributed by atoms with Crippen LogP contribution in [0.3, 0.4) is 0 Å². The molecule has 1 atom stereocenters. The number of carbonyl (C=O) groups excluding carboxylic acids is 1. The molecule has 0 saturated carbocycles. The number of rotatable bonds is 6. The topological polar surface area (TPSA) is 71.5 Å². The first-order chi connectivity index (χ1) is 8.08. The maximum atomic E-state index is 11.3. The van der Waals surface area contributed by atoms with Gasteiger partial charge in [-0.3, -0.25) is 0 Å². The number of ether oxygens (including phenoxy) is 1. The van der Waals surface area contributed by atoms with Crippen LogP contribution in [-0.4, -0.2) is 35.8 Å². The lowest BCUT2D eigenvalue weighted by Gasteiger charge is -2.07. The summed E-state index contributed by atoms with van der Waals surface area (Å²) in [4.78, 5) is 15.5. The van der Waals surface area contributed by atoms with Gasteiger partial charge in [-0.2, -0.15) is 0 Å². The van der Waals surface area contributed by atoms with Gasteiger partial charge >= 0.3 is 5.97 Å². The maximum Gasteiger partial charge on any atom is 0.351 e. The molecule has 96 valence electrons. The van der Waals surface area contributed by atoms with Crippen LogP contribution in [0.2, 0.25) is 5.15 Å². The number of aromatic nitrogens is 1. The van der Waals surface area contributed by atoms with E-state index in [9.17, 15) is 9.90 Å².